The van der Waals surface area contributed by atoms with Crippen LogP contribution in [0.25, 0.3) is 0 Å². The van der Waals surface area contributed by atoms with Crippen LogP contribution in [0.3, 0.4) is 0 Å². The van der Waals surface area contributed by atoms with E-state index in [4.69, 9.17) is 17.3 Å². The molecule has 0 amide bonds. The molecule has 0 bridgehead atoms. The molecule has 0 spiro atoms. The van der Waals surface area contributed by atoms with Gasteiger partial charge in [0.25, 0.3) is 0 Å². The molecule has 0 saturated heterocycles. The SMILES string of the molecule is Cn1cnc(CNS(=O)(=O)c2cc(CN)ccc2Cl)n1. The lowest BCUT2D eigenvalue weighted by molar-refractivity contribution is 0.578. The standard InChI is InChI=1S/C11H14ClN5O2S/c1-17-7-14-11(16-17)6-15-20(18,19)10-4-8(5-13)2-3-9(10)12/h2-4,7,15H,5-6,13H2,1H3. The van der Waals surface area contributed by atoms with Crippen LogP contribution in [0, 0.1) is 0 Å². The lowest BCUT2D eigenvalue weighted by Crippen LogP contribution is -2.24. The Bertz CT molecular complexity index is 713. The number of benzene rings is 1. The molecule has 0 atom stereocenters. The van der Waals surface area contributed by atoms with Gasteiger partial charge in [-0.2, -0.15) is 5.10 Å². The Labute approximate surface area is 121 Å². The van der Waals surface area contributed by atoms with Crippen LogP contribution in [-0.2, 0) is 30.2 Å². The minimum absolute atomic E-state index is 0.00181. The lowest BCUT2D eigenvalue weighted by Gasteiger charge is -2.08. The van der Waals surface area contributed by atoms with E-state index in [2.05, 4.69) is 14.8 Å². The van der Waals surface area contributed by atoms with Gasteiger partial charge in [0.15, 0.2) is 5.82 Å². The number of nitrogens with two attached hydrogens (primary N) is 1. The van der Waals surface area contributed by atoms with Gasteiger partial charge >= 0.3 is 0 Å². The summed E-state index contributed by atoms with van der Waals surface area (Å²) in [4.78, 5) is 3.94. The van der Waals surface area contributed by atoms with Crippen LogP contribution in [0.1, 0.15) is 11.4 Å². The molecule has 9 heteroatoms. The van der Waals surface area contributed by atoms with Crippen LogP contribution in [-0.4, -0.2) is 23.2 Å². The molecule has 3 N–H and O–H groups in total. The van der Waals surface area contributed by atoms with Gasteiger partial charge in [-0.3, -0.25) is 4.68 Å². The van der Waals surface area contributed by atoms with Crippen LogP contribution in [0.4, 0.5) is 0 Å². The van der Waals surface area contributed by atoms with Gasteiger partial charge < -0.3 is 5.73 Å². The van der Waals surface area contributed by atoms with E-state index in [1.165, 1.54) is 23.1 Å². The van der Waals surface area contributed by atoms with Crippen molar-refractivity contribution in [3.63, 3.8) is 0 Å². The fourth-order valence-electron chi connectivity index (χ4n) is 1.58. The first-order valence-electron chi connectivity index (χ1n) is 5.75. The van der Waals surface area contributed by atoms with Crippen molar-refractivity contribution in [2.75, 3.05) is 0 Å². The van der Waals surface area contributed by atoms with Crippen molar-refractivity contribution >= 4 is 21.6 Å². The van der Waals surface area contributed by atoms with Crippen molar-refractivity contribution in [1.29, 1.82) is 0 Å². The molecule has 0 aliphatic rings. The third-order valence-corrected chi connectivity index (χ3v) is 4.47. The Morgan fingerprint density at radius 1 is 1.45 bits per heavy atom. The van der Waals surface area contributed by atoms with Crippen molar-refractivity contribution < 1.29 is 8.42 Å². The fraction of sp³-hybridized carbons (Fsp3) is 0.273. The summed E-state index contributed by atoms with van der Waals surface area (Å²) in [7, 11) is -2.04. The molecule has 0 aliphatic heterocycles. The number of hydrogen-bond acceptors (Lipinski definition) is 5. The van der Waals surface area contributed by atoms with Crippen LogP contribution < -0.4 is 10.5 Å². The van der Waals surface area contributed by atoms with Crippen molar-refractivity contribution in [3.8, 4) is 0 Å². The Morgan fingerprint density at radius 2 is 2.20 bits per heavy atom. The van der Waals surface area contributed by atoms with E-state index in [1.807, 2.05) is 0 Å². The van der Waals surface area contributed by atoms with Gasteiger partial charge in [-0.15, -0.1) is 0 Å². The first-order valence-corrected chi connectivity index (χ1v) is 7.61. The maximum Gasteiger partial charge on any atom is 0.242 e. The quantitative estimate of drug-likeness (QED) is 0.831. The zero-order valence-corrected chi connectivity index (χ0v) is 12.3. The summed E-state index contributed by atoms with van der Waals surface area (Å²) in [6.07, 6.45) is 1.49. The van der Waals surface area contributed by atoms with Crippen LogP contribution in [0.2, 0.25) is 5.02 Å². The van der Waals surface area contributed by atoms with Gasteiger partial charge in [0.2, 0.25) is 10.0 Å². The molecule has 0 aliphatic carbocycles. The minimum atomic E-state index is -3.74. The van der Waals surface area contributed by atoms with E-state index < -0.39 is 10.0 Å². The highest BCUT2D eigenvalue weighted by molar-refractivity contribution is 7.89. The van der Waals surface area contributed by atoms with Crippen molar-refractivity contribution in [2.24, 2.45) is 12.8 Å². The highest BCUT2D eigenvalue weighted by atomic mass is 35.5. The average molecular weight is 316 g/mol. The molecule has 108 valence electrons. The predicted octanol–water partition coefficient (Wildman–Crippen LogP) is 0.406. The number of nitrogens with one attached hydrogen (secondary N) is 1. The molecule has 20 heavy (non-hydrogen) atoms. The number of rotatable bonds is 5. The summed E-state index contributed by atoms with van der Waals surface area (Å²) in [5.41, 5.74) is 6.18. The Balaban J connectivity index is 2.21. The molecule has 0 unspecified atom stereocenters. The van der Waals surface area contributed by atoms with E-state index >= 15 is 0 Å². The average Bonchev–Trinajstić information content (AvgIpc) is 2.83. The largest absolute Gasteiger partial charge is 0.326 e. The smallest absolute Gasteiger partial charge is 0.242 e. The molecule has 1 aromatic heterocycles. The summed E-state index contributed by atoms with van der Waals surface area (Å²) in [6, 6.07) is 4.65. The van der Waals surface area contributed by atoms with E-state index in [0.717, 1.165) is 0 Å². The zero-order chi connectivity index (χ0) is 14.8. The van der Waals surface area contributed by atoms with Crippen LogP contribution >= 0.6 is 11.6 Å². The predicted molar refractivity (Wildman–Crippen MR) is 74.4 cm³/mol. The Hall–Kier alpha value is -1.48. The number of sulfonamides is 1. The second-order valence-electron chi connectivity index (χ2n) is 4.13. The molecule has 0 saturated carbocycles. The van der Waals surface area contributed by atoms with E-state index in [1.54, 1.807) is 13.1 Å². The minimum Gasteiger partial charge on any atom is -0.326 e. The molecule has 0 fully saturated rings. The van der Waals surface area contributed by atoms with E-state index in [9.17, 15) is 8.42 Å². The first kappa shape index (κ1) is 14.9. The molecule has 0 radical (unpaired) electrons. The number of hydrogen-bond donors (Lipinski definition) is 2. The van der Waals surface area contributed by atoms with Crippen LogP contribution in [0.5, 0.6) is 0 Å². The third kappa shape index (κ3) is 3.34. The van der Waals surface area contributed by atoms with E-state index in [-0.39, 0.29) is 23.0 Å². The van der Waals surface area contributed by atoms with Crippen LogP contribution in [0.15, 0.2) is 29.4 Å². The maximum atomic E-state index is 12.2. The summed E-state index contributed by atoms with van der Waals surface area (Å²) in [5.74, 6) is 0.377. The molecule has 2 aromatic rings. The Kier molecular flexibility index (Phi) is 4.39. The molecule has 1 heterocycles. The summed E-state index contributed by atoms with van der Waals surface area (Å²) in [6.45, 7) is 0.230. The van der Waals surface area contributed by atoms with Crippen molar-refractivity contribution in [3.05, 3.63) is 40.9 Å². The highest BCUT2D eigenvalue weighted by Gasteiger charge is 2.18. The topological polar surface area (TPSA) is 103 Å². The molecular weight excluding hydrogens is 302 g/mol. The van der Waals surface area contributed by atoms with Gasteiger partial charge in [0, 0.05) is 13.6 Å². The second kappa shape index (κ2) is 5.88. The lowest BCUT2D eigenvalue weighted by atomic mass is 10.2. The molecule has 7 nitrogen and oxygen atoms in total. The third-order valence-electron chi connectivity index (χ3n) is 2.59. The van der Waals surface area contributed by atoms with Gasteiger partial charge in [-0.1, -0.05) is 17.7 Å². The first-order chi connectivity index (χ1) is 9.42. The van der Waals surface area contributed by atoms with Gasteiger partial charge in [-0.25, -0.2) is 18.1 Å². The number of halogens is 1. The van der Waals surface area contributed by atoms with Gasteiger partial charge in [-0.05, 0) is 17.7 Å². The van der Waals surface area contributed by atoms with Crippen molar-refractivity contribution in [1.82, 2.24) is 19.5 Å². The zero-order valence-electron chi connectivity index (χ0n) is 10.7. The molecular formula is C11H14ClN5O2S. The highest BCUT2D eigenvalue weighted by Crippen LogP contribution is 2.22. The number of aromatic nitrogens is 3. The normalized spacial score (nSPS) is 11.8. The second-order valence-corrected chi connectivity index (χ2v) is 6.27. The summed E-state index contributed by atoms with van der Waals surface area (Å²) >= 11 is 5.93. The summed E-state index contributed by atoms with van der Waals surface area (Å²) < 4.78 is 28.3. The maximum absolute atomic E-state index is 12.2. The monoisotopic (exact) mass is 315 g/mol. The number of aryl methyl sites for hydroxylation is 1. The fourth-order valence-corrected chi connectivity index (χ4v) is 3.11. The Morgan fingerprint density at radius 3 is 2.80 bits per heavy atom. The summed E-state index contributed by atoms with van der Waals surface area (Å²) in [5, 5.41) is 4.13. The van der Waals surface area contributed by atoms with Gasteiger partial charge in [0.05, 0.1) is 11.6 Å². The number of nitrogens with zero attached hydrogens (tertiary/aromatic N) is 3. The van der Waals surface area contributed by atoms with Crippen molar-refractivity contribution in [2.45, 2.75) is 18.0 Å². The molecule has 2 rings (SSSR count). The molecule has 1 aromatic carbocycles. The van der Waals surface area contributed by atoms with Gasteiger partial charge in [0.1, 0.15) is 11.2 Å². The van der Waals surface area contributed by atoms with E-state index in [0.29, 0.717) is 11.4 Å².